The van der Waals surface area contributed by atoms with E-state index >= 15 is 0 Å². The molecular formula is C22H27N5O. The van der Waals surface area contributed by atoms with Crippen molar-refractivity contribution in [1.29, 1.82) is 0 Å². The summed E-state index contributed by atoms with van der Waals surface area (Å²) in [4.78, 5) is 19.3. The lowest BCUT2D eigenvalue weighted by Gasteiger charge is -2.23. The molecule has 1 aliphatic carbocycles. The molecule has 0 spiro atoms. The zero-order valence-corrected chi connectivity index (χ0v) is 16.5. The van der Waals surface area contributed by atoms with Gasteiger partial charge in [-0.2, -0.15) is 0 Å². The normalized spacial score (nSPS) is 16.0. The molecular weight excluding hydrogens is 350 g/mol. The summed E-state index contributed by atoms with van der Waals surface area (Å²) in [5, 5.41) is 6.91. The maximum absolute atomic E-state index is 12.8. The highest BCUT2D eigenvalue weighted by molar-refractivity contribution is 5.52. The predicted molar refractivity (Wildman–Crippen MR) is 112 cm³/mol. The molecule has 3 aromatic rings. The Morgan fingerprint density at radius 1 is 1.21 bits per heavy atom. The molecule has 1 aromatic carbocycles. The van der Waals surface area contributed by atoms with E-state index in [1.165, 1.54) is 11.3 Å². The van der Waals surface area contributed by atoms with Crippen LogP contribution in [0, 0.1) is 0 Å². The molecule has 2 aromatic heterocycles. The van der Waals surface area contributed by atoms with Gasteiger partial charge < -0.3 is 10.2 Å². The molecule has 2 heterocycles. The summed E-state index contributed by atoms with van der Waals surface area (Å²) in [7, 11) is 4.15. The largest absolute Gasteiger partial charge is 0.377 e. The van der Waals surface area contributed by atoms with Gasteiger partial charge in [-0.3, -0.25) is 9.89 Å². The van der Waals surface area contributed by atoms with Crippen LogP contribution >= 0.6 is 0 Å². The molecule has 6 heteroatoms. The van der Waals surface area contributed by atoms with E-state index in [2.05, 4.69) is 58.7 Å². The number of nitrogens with zero attached hydrogens (tertiary/aromatic N) is 3. The molecule has 146 valence electrons. The zero-order chi connectivity index (χ0) is 19.5. The van der Waals surface area contributed by atoms with Crippen molar-refractivity contribution in [2.24, 2.45) is 0 Å². The number of fused-ring (bicyclic) bond motifs is 1. The highest BCUT2D eigenvalue weighted by atomic mass is 16.1. The van der Waals surface area contributed by atoms with Crippen molar-refractivity contribution in [3.05, 3.63) is 75.8 Å². The summed E-state index contributed by atoms with van der Waals surface area (Å²) in [5.41, 5.74) is 4.57. The highest BCUT2D eigenvalue weighted by Crippen LogP contribution is 2.20. The number of rotatable bonds is 6. The third kappa shape index (κ3) is 3.73. The summed E-state index contributed by atoms with van der Waals surface area (Å²) in [6.45, 7) is 0.906. The Bertz CT molecular complexity index is 990. The van der Waals surface area contributed by atoms with Crippen LogP contribution in [0.3, 0.4) is 0 Å². The Morgan fingerprint density at radius 2 is 2.04 bits per heavy atom. The van der Waals surface area contributed by atoms with Crippen LogP contribution in [-0.2, 0) is 19.3 Å². The third-order valence-electron chi connectivity index (χ3n) is 5.44. The number of aromatic nitrogens is 3. The second-order valence-corrected chi connectivity index (χ2v) is 7.56. The standard InChI is InChI=1S/C22H27N5O/c1-26(2)20-8-4-3-7-16(20)12-14-23-17-10-11-19-18(15-17)22(28)27(25-19)21-9-5-6-13-24-21/h3-9,13,17,23,25H,10-12,14-15H2,1-2H3. The van der Waals surface area contributed by atoms with Gasteiger partial charge >= 0.3 is 0 Å². The average Bonchev–Trinajstić information content (AvgIpc) is 3.05. The molecule has 4 rings (SSSR count). The van der Waals surface area contributed by atoms with E-state index in [4.69, 9.17) is 0 Å². The number of aryl methyl sites for hydroxylation is 1. The van der Waals surface area contributed by atoms with Crippen LogP contribution in [0.2, 0.25) is 0 Å². The predicted octanol–water partition coefficient (Wildman–Crippen LogP) is 2.32. The number of hydrogen-bond acceptors (Lipinski definition) is 4. The second kappa shape index (κ2) is 8.02. The quantitative estimate of drug-likeness (QED) is 0.692. The van der Waals surface area contributed by atoms with E-state index in [1.807, 2.05) is 18.2 Å². The summed E-state index contributed by atoms with van der Waals surface area (Å²) in [6.07, 6.45) is 5.36. The van der Waals surface area contributed by atoms with Crippen molar-refractivity contribution >= 4 is 5.69 Å². The topological polar surface area (TPSA) is 65.9 Å². The SMILES string of the molecule is CN(C)c1ccccc1CCNC1CCc2[nH]n(-c3ccccn3)c(=O)c2C1. The fraction of sp³-hybridized carbons (Fsp3) is 0.364. The van der Waals surface area contributed by atoms with Crippen LogP contribution in [0.25, 0.3) is 5.82 Å². The van der Waals surface area contributed by atoms with Crippen molar-refractivity contribution in [3.8, 4) is 5.82 Å². The summed E-state index contributed by atoms with van der Waals surface area (Å²) >= 11 is 0. The van der Waals surface area contributed by atoms with Gasteiger partial charge in [0.15, 0.2) is 5.82 Å². The molecule has 28 heavy (non-hydrogen) atoms. The molecule has 6 nitrogen and oxygen atoms in total. The van der Waals surface area contributed by atoms with Gasteiger partial charge in [-0.1, -0.05) is 24.3 Å². The Hall–Kier alpha value is -2.86. The Morgan fingerprint density at radius 3 is 2.82 bits per heavy atom. The Balaban J connectivity index is 1.41. The van der Waals surface area contributed by atoms with Crippen LogP contribution in [0.15, 0.2) is 53.5 Å². The third-order valence-corrected chi connectivity index (χ3v) is 5.44. The molecule has 0 radical (unpaired) electrons. The summed E-state index contributed by atoms with van der Waals surface area (Å²) in [6, 6.07) is 14.4. The molecule has 0 saturated carbocycles. The van der Waals surface area contributed by atoms with Gasteiger partial charge in [-0.25, -0.2) is 9.67 Å². The highest BCUT2D eigenvalue weighted by Gasteiger charge is 2.24. The van der Waals surface area contributed by atoms with Gasteiger partial charge in [0, 0.05) is 43.3 Å². The van der Waals surface area contributed by atoms with E-state index in [0.29, 0.717) is 11.9 Å². The van der Waals surface area contributed by atoms with Crippen molar-refractivity contribution in [3.63, 3.8) is 0 Å². The Kier molecular flexibility index (Phi) is 5.30. The van der Waals surface area contributed by atoms with Gasteiger partial charge in [0.05, 0.1) is 0 Å². The minimum atomic E-state index is 0.0261. The van der Waals surface area contributed by atoms with E-state index < -0.39 is 0 Å². The van der Waals surface area contributed by atoms with Crippen LogP contribution in [0.4, 0.5) is 5.69 Å². The number of H-pyrrole nitrogens is 1. The van der Waals surface area contributed by atoms with Crippen molar-refractivity contribution in [2.75, 3.05) is 25.5 Å². The van der Waals surface area contributed by atoms with Gasteiger partial charge in [0.1, 0.15) is 0 Å². The average molecular weight is 377 g/mol. The fourth-order valence-corrected chi connectivity index (χ4v) is 3.99. The number of anilines is 1. The second-order valence-electron chi connectivity index (χ2n) is 7.56. The fourth-order valence-electron chi connectivity index (χ4n) is 3.99. The zero-order valence-electron chi connectivity index (χ0n) is 16.5. The lowest BCUT2D eigenvalue weighted by molar-refractivity contribution is 0.458. The maximum Gasteiger partial charge on any atom is 0.276 e. The molecule has 0 fully saturated rings. The molecule has 0 bridgehead atoms. The number of nitrogens with one attached hydrogen (secondary N) is 2. The lowest BCUT2D eigenvalue weighted by Crippen LogP contribution is -2.37. The van der Waals surface area contributed by atoms with Gasteiger partial charge in [0.25, 0.3) is 5.56 Å². The number of hydrogen-bond donors (Lipinski definition) is 2. The Labute approximate surface area is 165 Å². The molecule has 1 unspecified atom stereocenters. The summed E-state index contributed by atoms with van der Waals surface area (Å²) in [5.74, 6) is 0.645. The first kappa shape index (κ1) is 18.5. The number of aromatic amines is 1. The monoisotopic (exact) mass is 377 g/mol. The maximum atomic E-state index is 12.8. The van der Waals surface area contributed by atoms with Crippen LogP contribution in [0.1, 0.15) is 23.2 Å². The number of pyridine rings is 1. The van der Waals surface area contributed by atoms with E-state index in [-0.39, 0.29) is 5.56 Å². The molecule has 0 saturated heterocycles. The van der Waals surface area contributed by atoms with Crippen molar-refractivity contribution < 1.29 is 0 Å². The van der Waals surface area contributed by atoms with E-state index in [0.717, 1.165) is 43.5 Å². The molecule has 1 aliphatic rings. The first-order chi connectivity index (χ1) is 13.6. The van der Waals surface area contributed by atoms with Crippen molar-refractivity contribution in [2.45, 2.75) is 31.7 Å². The van der Waals surface area contributed by atoms with Gasteiger partial charge in [-0.15, -0.1) is 0 Å². The minimum absolute atomic E-state index is 0.0261. The molecule has 0 amide bonds. The molecule has 2 N–H and O–H groups in total. The smallest absolute Gasteiger partial charge is 0.276 e. The molecule has 0 aliphatic heterocycles. The summed E-state index contributed by atoms with van der Waals surface area (Å²) < 4.78 is 1.57. The first-order valence-electron chi connectivity index (χ1n) is 9.86. The van der Waals surface area contributed by atoms with E-state index in [1.54, 1.807) is 10.9 Å². The lowest BCUT2D eigenvalue weighted by atomic mass is 9.93. The van der Waals surface area contributed by atoms with Gasteiger partial charge in [-0.05, 0) is 56.0 Å². The number of benzene rings is 1. The number of para-hydroxylation sites is 1. The first-order valence-corrected chi connectivity index (χ1v) is 9.86. The van der Waals surface area contributed by atoms with Gasteiger partial charge in [0.2, 0.25) is 0 Å². The van der Waals surface area contributed by atoms with E-state index in [9.17, 15) is 4.79 Å². The minimum Gasteiger partial charge on any atom is -0.377 e. The van der Waals surface area contributed by atoms with Crippen molar-refractivity contribution in [1.82, 2.24) is 20.1 Å². The van der Waals surface area contributed by atoms with Crippen LogP contribution < -0.4 is 15.8 Å². The van der Waals surface area contributed by atoms with Crippen LogP contribution in [0.5, 0.6) is 0 Å². The molecule has 1 atom stereocenters. The van der Waals surface area contributed by atoms with Crippen LogP contribution in [-0.4, -0.2) is 41.4 Å².